The molecule has 5 aliphatic carbocycles. The van der Waals surface area contributed by atoms with Gasteiger partial charge in [0, 0.05) is 18.3 Å². The van der Waals surface area contributed by atoms with Gasteiger partial charge in [0.05, 0.1) is 23.6 Å². The average Bonchev–Trinajstić information content (AvgIpc) is 3.76. The summed E-state index contributed by atoms with van der Waals surface area (Å²) in [6.45, 7) is 5.02. The lowest BCUT2D eigenvalue weighted by molar-refractivity contribution is 0.236. The van der Waals surface area contributed by atoms with Gasteiger partial charge in [-0.05, 0) is 89.6 Å². The number of dihydropyridines is 1. The van der Waals surface area contributed by atoms with Crippen LogP contribution in [0.15, 0.2) is 184 Å². The van der Waals surface area contributed by atoms with Gasteiger partial charge in [-0.15, -0.1) is 0 Å². The van der Waals surface area contributed by atoms with E-state index in [1.165, 1.54) is 44.5 Å². The van der Waals surface area contributed by atoms with Crippen molar-refractivity contribution in [1.29, 1.82) is 0 Å². The van der Waals surface area contributed by atoms with Crippen LogP contribution in [0.5, 0.6) is 0 Å². The standard InChI is InChI=1S/C50H48N4O/c1-34-46(55-49(53-34)38-16-7-3-8-17-38)22-13-31-50(41-18-9-4-10-19-41)44-21-12-11-20-42(44)43-29-27-39(32-45(43)50)36-23-25-37(26-24-36)48(51)54-47-30-28-40(33-52-47)35-14-5-2-6-15-35/h2-5,7-11,13-14,16,18-20,23-25,27-32,37-38,40,46H,1,6,12,15,17,21-22,26,33H2,(H2,51,52,54)/b31-13+. The zero-order valence-corrected chi connectivity index (χ0v) is 31.4. The summed E-state index contributed by atoms with van der Waals surface area (Å²) in [5, 5.41) is 0. The summed E-state index contributed by atoms with van der Waals surface area (Å²) in [4.78, 5) is 14.3. The van der Waals surface area contributed by atoms with Gasteiger partial charge in [0.1, 0.15) is 17.8 Å². The predicted molar refractivity (Wildman–Crippen MR) is 229 cm³/mol. The Kier molecular flexibility index (Phi) is 9.61. The van der Waals surface area contributed by atoms with Gasteiger partial charge < -0.3 is 10.5 Å². The lowest BCUT2D eigenvalue weighted by atomic mass is 9.69. The first-order valence-corrected chi connectivity index (χ1v) is 19.9. The summed E-state index contributed by atoms with van der Waals surface area (Å²) in [6.07, 6.45) is 42.0. The van der Waals surface area contributed by atoms with Crippen molar-refractivity contribution >= 4 is 28.7 Å². The first-order valence-electron chi connectivity index (χ1n) is 19.9. The van der Waals surface area contributed by atoms with Gasteiger partial charge in [-0.3, -0.25) is 4.99 Å². The molecule has 0 aromatic heterocycles. The third kappa shape index (κ3) is 6.77. The van der Waals surface area contributed by atoms with E-state index in [4.69, 9.17) is 25.4 Å². The van der Waals surface area contributed by atoms with E-state index in [0.29, 0.717) is 24.0 Å². The number of benzene rings is 2. The van der Waals surface area contributed by atoms with Crippen molar-refractivity contribution in [2.75, 3.05) is 6.54 Å². The molecular formula is C50H48N4O. The van der Waals surface area contributed by atoms with E-state index >= 15 is 0 Å². The molecule has 5 unspecified atom stereocenters. The quantitative estimate of drug-likeness (QED) is 0.168. The fraction of sp³-hybridized carbons (Fsp3) is 0.260. The predicted octanol–water partition coefficient (Wildman–Crippen LogP) is 10.7. The number of nitrogens with two attached hydrogens (primary N) is 1. The molecule has 0 bridgehead atoms. The van der Waals surface area contributed by atoms with Gasteiger partial charge in [-0.2, -0.15) is 0 Å². The highest BCUT2D eigenvalue weighted by molar-refractivity contribution is 6.04. The highest BCUT2D eigenvalue weighted by atomic mass is 16.5. The van der Waals surface area contributed by atoms with Crippen molar-refractivity contribution in [3.05, 3.63) is 191 Å². The minimum Gasteiger partial charge on any atom is -0.470 e. The molecule has 5 atom stereocenters. The second kappa shape index (κ2) is 15.1. The number of hydrogen-bond acceptors (Lipinski definition) is 4. The minimum absolute atomic E-state index is 0.0336. The molecule has 0 radical (unpaired) electrons. The molecule has 0 saturated heterocycles. The maximum atomic E-state index is 6.61. The molecule has 55 heavy (non-hydrogen) atoms. The molecule has 5 heteroatoms. The van der Waals surface area contributed by atoms with Crippen LogP contribution in [0.25, 0.3) is 11.1 Å². The van der Waals surface area contributed by atoms with Crippen molar-refractivity contribution in [1.82, 2.24) is 0 Å². The Bertz CT molecular complexity index is 2300. The van der Waals surface area contributed by atoms with Crippen LogP contribution in [0.2, 0.25) is 0 Å². The Hall–Kier alpha value is -5.81. The monoisotopic (exact) mass is 720 g/mol. The lowest BCUT2D eigenvalue weighted by Crippen LogP contribution is -2.27. The first-order chi connectivity index (χ1) is 27.1. The Morgan fingerprint density at radius 2 is 1.84 bits per heavy atom. The highest BCUT2D eigenvalue weighted by Gasteiger charge is 2.44. The zero-order valence-electron chi connectivity index (χ0n) is 31.4. The van der Waals surface area contributed by atoms with E-state index in [1.54, 1.807) is 0 Å². The molecule has 2 heterocycles. The summed E-state index contributed by atoms with van der Waals surface area (Å²) in [6, 6.07) is 18.0. The van der Waals surface area contributed by atoms with Crippen LogP contribution in [0.1, 0.15) is 67.2 Å². The molecule has 2 aliphatic heterocycles. The smallest absolute Gasteiger partial charge is 0.196 e. The molecule has 2 aromatic carbocycles. The molecule has 0 saturated carbocycles. The van der Waals surface area contributed by atoms with E-state index in [-0.39, 0.29) is 17.9 Å². The number of aliphatic imine (C=N–C) groups is 3. The Morgan fingerprint density at radius 1 is 0.927 bits per heavy atom. The van der Waals surface area contributed by atoms with E-state index < -0.39 is 5.41 Å². The van der Waals surface area contributed by atoms with Gasteiger partial charge in [0.2, 0.25) is 0 Å². The maximum absolute atomic E-state index is 6.61. The van der Waals surface area contributed by atoms with Crippen molar-refractivity contribution in [2.24, 2.45) is 38.5 Å². The second-order valence-corrected chi connectivity index (χ2v) is 15.4. The number of allylic oxidation sites excluding steroid dienone is 14. The summed E-state index contributed by atoms with van der Waals surface area (Å²) < 4.78 is 6.43. The molecule has 5 nitrogen and oxygen atoms in total. The zero-order chi connectivity index (χ0) is 37.2. The summed E-state index contributed by atoms with van der Waals surface area (Å²) in [5.74, 6) is 2.67. The molecule has 2 N–H and O–H groups in total. The summed E-state index contributed by atoms with van der Waals surface area (Å²) in [7, 11) is 0. The first kappa shape index (κ1) is 34.9. The van der Waals surface area contributed by atoms with Crippen LogP contribution in [0.3, 0.4) is 0 Å². The van der Waals surface area contributed by atoms with Gasteiger partial charge in [-0.25, -0.2) is 9.98 Å². The number of ether oxygens (including phenoxy) is 1. The van der Waals surface area contributed by atoms with Crippen molar-refractivity contribution in [2.45, 2.75) is 56.5 Å². The number of nitrogens with zero attached hydrogens (tertiary/aromatic N) is 3. The maximum Gasteiger partial charge on any atom is 0.196 e. The lowest BCUT2D eigenvalue weighted by Gasteiger charge is -2.33. The van der Waals surface area contributed by atoms with Crippen LogP contribution < -0.4 is 5.73 Å². The third-order valence-corrected chi connectivity index (χ3v) is 12.0. The molecule has 2 aromatic rings. The second-order valence-electron chi connectivity index (χ2n) is 15.4. The van der Waals surface area contributed by atoms with Gasteiger partial charge in [0.15, 0.2) is 5.90 Å². The Labute approximate surface area is 325 Å². The van der Waals surface area contributed by atoms with Gasteiger partial charge in [0.25, 0.3) is 0 Å². The highest BCUT2D eigenvalue weighted by Crippen LogP contribution is 2.55. The van der Waals surface area contributed by atoms with E-state index in [1.807, 2.05) is 6.08 Å². The third-order valence-electron chi connectivity index (χ3n) is 12.0. The van der Waals surface area contributed by atoms with Crippen molar-refractivity contribution < 1.29 is 4.74 Å². The van der Waals surface area contributed by atoms with Gasteiger partial charge >= 0.3 is 0 Å². The van der Waals surface area contributed by atoms with Crippen LogP contribution in [-0.2, 0) is 10.2 Å². The fourth-order valence-electron chi connectivity index (χ4n) is 9.05. The number of rotatable bonds is 8. The van der Waals surface area contributed by atoms with Crippen molar-refractivity contribution in [3.8, 4) is 0 Å². The topological polar surface area (TPSA) is 72.3 Å². The Balaban J connectivity index is 0.970. The van der Waals surface area contributed by atoms with E-state index in [9.17, 15) is 0 Å². The van der Waals surface area contributed by atoms with Crippen LogP contribution in [-0.4, -0.2) is 30.2 Å². The number of hydrogen-bond donors (Lipinski definition) is 1. The molecule has 0 amide bonds. The normalized spacial score (nSPS) is 28.2. The SMILES string of the molecule is C=C1N=C(C2C=CC=CC2)OC1C/C=C/C1(c2ccccc2)C2=C(C=CCC2)c2ccc(C3=CCC(C(N)=NC4=NCC(C5=CC=CCC5)C=C4)C=C3)cc21. The number of amidine groups is 2. The minimum atomic E-state index is -0.400. The Morgan fingerprint density at radius 3 is 2.62 bits per heavy atom. The van der Waals surface area contributed by atoms with Crippen molar-refractivity contribution in [3.63, 3.8) is 0 Å². The molecule has 274 valence electrons. The number of fused-ring (bicyclic) bond motifs is 2. The molecule has 0 spiro atoms. The molecule has 9 rings (SSSR count). The van der Waals surface area contributed by atoms with E-state index in [2.05, 4.69) is 146 Å². The van der Waals surface area contributed by atoms with Gasteiger partial charge in [-0.1, -0.05) is 146 Å². The van der Waals surface area contributed by atoms with Crippen LogP contribution in [0, 0.1) is 17.8 Å². The van der Waals surface area contributed by atoms with Crippen LogP contribution in [0.4, 0.5) is 0 Å². The van der Waals surface area contributed by atoms with Crippen LogP contribution >= 0.6 is 0 Å². The summed E-state index contributed by atoms with van der Waals surface area (Å²) in [5.41, 5.74) is 17.6. The molecular weight excluding hydrogens is 673 g/mol. The average molecular weight is 721 g/mol. The van der Waals surface area contributed by atoms with E-state index in [0.717, 1.165) is 56.7 Å². The summed E-state index contributed by atoms with van der Waals surface area (Å²) >= 11 is 0. The molecule has 0 fully saturated rings. The molecule has 7 aliphatic rings. The largest absolute Gasteiger partial charge is 0.470 e. The fourth-order valence-corrected chi connectivity index (χ4v) is 9.05.